The van der Waals surface area contributed by atoms with Crippen LogP contribution in [-0.2, 0) is 0 Å². The summed E-state index contributed by atoms with van der Waals surface area (Å²) in [5.74, 6) is 1.01. The van der Waals surface area contributed by atoms with Gasteiger partial charge < -0.3 is 15.5 Å². The summed E-state index contributed by atoms with van der Waals surface area (Å²) in [6.45, 7) is 2.95. The number of pyridine rings is 2. The van der Waals surface area contributed by atoms with Crippen LogP contribution in [0.2, 0.25) is 0 Å². The van der Waals surface area contributed by atoms with Gasteiger partial charge >= 0.3 is 0 Å². The monoisotopic (exact) mass is 425 g/mol. The number of hydrogen-bond donors (Lipinski definition) is 2. The van der Waals surface area contributed by atoms with Gasteiger partial charge in [-0.3, -0.25) is 9.99 Å². The van der Waals surface area contributed by atoms with Crippen molar-refractivity contribution in [1.29, 1.82) is 0 Å². The highest BCUT2D eigenvalue weighted by atomic mass is 32.1. The van der Waals surface area contributed by atoms with Gasteiger partial charge in [-0.1, -0.05) is 12.8 Å². The molecule has 0 bridgehead atoms. The normalized spacial score (nSPS) is 19.2. The number of anilines is 1. The van der Waals surface area contributed by atoms with Gasteiger partial charge in [0, 0.05) is 37.5 Å². The maximum Gasteiger partial charge on any atom is 0.172 e. The molecule has 3 heterocycles. The predicted molar refractivity (Wildman–Crippen MR) is 127 cm³/mol. The summed E-state index contributed by atoms with van der Waals surface area (Å²) in [6.07, 6.45) is 10.0. The van der Waals surface area contributed by atoms with E-state index in [4.69, 9.17) is 17.2 Å². The SMILES string of the molecule is CN(C)CCCN1CC(c2cnc3ccc(NC(=S)NC4CCCC4)nc3c2)C=N1. The highest BCUT2D eigenvalue weighted by Gasteiger charge is 2.20. The van der Waals surface area contributed by atoms with E-state index >= 15 is 0 Å². The van der Waals surface area contributed by atoms with E-state index in [1.807, 2.05) is 24.5 Å². The minimum absolute atomic E-state index is 0.254. The number of aromatic nitrogens is 2. The number of hydrazone groups is 1. The minimum Gasteiger partial charge on any atom is -0.360 e. The van der Waals surface area contributed by atoms with Gasteiger partial charge in [0.05, 0.1) is 11.0 Å². The van der Waals surface area contributed by atoms with Crippen LogP contribution in [0.5, 0.6) is 0 Å². The summed E-state index contributed by atoms with van der Waals surface area (Å²) >= 11 is 5.47. The van der Waals surface area contributed by atoms with Crippen molar-refractivity contribution < 1.29 is 0 Å². The Morgan fingerprint density at radius 3 is 2.87 bits per heavy atom. The molecule has 0 saturated heterocycles. The Hall–Kier alpha value is -2.32. The first kappa shape index (κ1) is 20.9. The third-order valence-electron chi connectivity index (χ3n) is 5.76. The Bertz CT molecular complexity index is 907. The Morgan fingerprint density at radius 2 is 2.07 bits per heavy atom. The maximum absolute atomic E-state index is 5.47. The van der Waals surface area contributed by atoms with Crippen LogP contribution in [0, 0.1) is 0 Å². The third kappa shape index (κ3) is 5.43. The second-order valence-corrected chi connectivity index (χ2v) is 8.93. The van der Waals surface area contributed by atoms with Crippen molar-refractivity contribution in [2.75, 3.05) is 39.0 Å². The lowest BCUT2D eigenvalue weighted by Crippen LogP contribution is -2.36. The van der Waals surface area contributed by atoms with E-state index in [0.717, 1.165) is 48.5 Å². The molecule has 0 radical (unpaired) electrons. The predicted octanol–water partition coefficient (Wildman–Crippen LogP) is 3.20. The van der Waals surface area contributed by atoms with Crippen LogP contribution in [0.1, 0.15) is 43.6 Å². The van der Waals surface area contributed by atoms with Gasteiger partial charge in [-0.25, -0.2) is 4.98 Å². The molecule has 4 rings (SSSR count). The van der Waals surface area contributed by atoms with Crippen LogP contribution < -0.4 is 10.6 Å². The fourth-order valence-corrected chi connectivity index (χ4v) is 4.38. The molecule has 1 saturated carbocycles. The molecule has 0 spiro atoms. The van der Waals surface area contributed by atoms with Crippen LogP contribution >= 0.6 is 12.2 Å². The zero-order chi connectivity index (χ0) is 20.9. The molecule has 1 aliphatic heterocycles. The molecule has 2 aliphatic rings. The van der Waals surface area contributed by atoms with E-state index in [1.165, 1.54) is 25.7 Å². The summed E-state index contributed by atoms with van der Waals surface area (Å²) in [5.41, 5.74) is 2.91. The molecule has 8 heteroatoms. The van der Waals surface area contributed by atoms with Gasteiger partial charge in [0.25, 0.3) is 0 Å². The van der Waals surface area contributed by atoms with E-state index in [2.05, 4.69) is 50.8 Å². The van der Waals surface area contributed by atoms with Gasteiger partial charge in [-0.2, -0.15) is 5.10 Å². The van der Waals surface area contributed by atoms with Crippen molar-refractivity contribution in [1.82, 2.24) is 25.2 Å². The summed E-state index contributed by atoms with van der Waals surface area (Å²) in [6, 6.07) is 6.53. The number of nitrogens with one attached hydrogen (secondary N) is 2. The number of hydrogen-bond acceptors (Lipinski definition) is 6. The van der Waals surface area contributed by atoms with Crippen LogP contribution in [0.3, 0.4) is 0 Å². The largest absolute Gasteiger partial charge is 0.360 e. The van der Waals surface area contributed by atoms with Gasteiger partial charge in [0.15, 0.2) is 5.11 Å². The number of rotatable bonds is 7. The Balaban J connectivity index is 1.38. The maximum atomic E-state index is 5.47. The Kier molecular flexibility index (Phi) is 6.74. The molecule has 1 fully saturated rings. The molecule has 160 valence electrons. The molecular weight excluding hydrogens is 394 g/mol. The van der Waals surface area contributed by atoms with Gasteiger partial charge in [0.2, 0.25) is 0 Å². The van der Waals surface area contributed by atoms with Crippen molar-refractivity contribution in [2.45, 2.75) is 44.1 Å². The van der Waals surface area contributed by atoms with Crippen LogP contribution in [0.25, 0.3) is 11.0 Å². The fourth-order valence-electron chi connectivity index (χ4n) is 4.11. The lowest BCUT2D eigenvalue weighted by atomic mass is 10.0. The first-order chi connectivity index (χ1) is 14.6. The van der Waals surface area contributed by atoms with E-state index in [-0.39, 0.29) is 5.92 Å². The molecule has 1 unspecified atom stereocenters. The smallest absolute Gasteiger partial charge is 0.172 e. The molecule has 0 amide bonds. The average molecular weight is 426 g/mol. The molecule has 1 aliphatic carbocycles. The van der Waals surface area contributed by atoms with Crippen LogP contribution in [0.4, 0.5) is 5.82 Å². The molecule has 7 nitrogen and oxygen atoms in total. The van der Waals surface area contributed by atoms with E-state index in [0.29, 0.717) is 11.2 Å². The number of thiocarbonyl (C=S) groups is 1. The number of fused-ring (bicyclic) bond motifs is 1. The quantitative estimate of drug-likeness (QED) is 0.660. The van der Waals surface area contributed by atoms with Gasteiger partial charge in [-0.05, 0) is 75.9 Å². The lowest BCUT2D eigenvalue weighted by molar-refractivity contribution is 0.282. The topological polar surface area (TPSA) is 68.7 Å². The van der Waals surface area contributed by atoms with Gasteiger partial charge in [0.1, 0.15) is 5.82 Å². The van der Waals surface area contributed by atoms with E-state index < -0.39 is 0 Å². The van der Waals surface area contributed by atoms with Crippen LogP contribution in [0.15, 0.2) is 29.5 Å². The average Bonchev–Trinajstić information content (AvgIpc) is 3.39. The highest BCUT2D eigenvalue weighted by Crippen LogP contribution is 2.23. The first-order valence-electron chi connectivity index (χ1n) is 10.8. The summed E-state index contributed by atoms with van der Waals surface area (Å²) in [4.78, 5) is 11.6. The highest BCUT2D eigenvalue weighted by molar-refractivity contribution is 7.80. The zero-order valence-electron chi connectivity index (χ0n) is 17.8. The molecule has 0 aromatic carbocycles. The second-order valence-electron chi connectivity index (χ2n) is 8.52. The van der Waals surface area contributed by atoms with Crippen LogP contribution in [-0.4, -0.2) is 71.0 Å². The van der Waals surface area contributed by atoms with E-state index in [9.17, 15) is 0 Å². The molecule has 1 atom stereocenters. The Morgan fingerprint density at radius 1 is 1.23 bits per heavy atom. The minimum atomic E-state index is 0.254. The lowest BCUT2D eigenvalue weighted by Gasteiger charge is -2.17. The zero-order valence-corrected chi connectivity index (χ0v) is 18.7. The summed E-state index contributed by atoms with van der Waals surface area (Å²) in [5, 5.41) is 14.0. The fraction of sp³-hybridized carbons (Fsp3) is 0.545. The molecule has 2 aromatic rings. The number of nitrogens with zero attached hydrogens (tertiary/aromatic N) is 5. The summed E-state index contributed by atoms with van der Waals surface area (Å²) in [7, 11) is 4.20. The van der Waals surface area contributed by atoms with Crippen molar-refractivity contribution >= 4 is 40.4 Å². The second kappa shape index (κ2) is 9.66. The first-order valence-corrected chi connectivity index (χ1v) is 11.3. The molecule has 30 heavy (non-hydrogen) atoms. The standard InChI is InChI=1S/C22H31N7S/c1-28(2)10-5-11-29-15-17(14-24-29)16-12-20-19(23-13-16)8-9-21(26-20)27-22(30)25-18-6-3-4-7-18/h8-9,12-14,17-18H,3-7,10-11,15H2,1-2H3,(H2,25,26,27,30). The van der Waals surface area contributed by atoms with Crippen molar-refractivity contribution in [2.24, 2.45) is 5.10 Å². The summed E-state index contributed by atoms with van der Waals surface area (Å²) < 4.78 is 0. The Labute approximate surface area is 183 Å². The third-order valence-corrected chi connectivity index (χ3v) is 5.98. The van der Waals surface area contributed by atoms with E-state index in [1.54, 1.807) is 0 Å². The van der Waals surface area contributed by atoms with Crippen molar-refractivity contribution in [3.63, 3.8) is 0 Å². The van der Waals surface area contributed by atoms with Crippen molar-refractivity contribution in [3.8, 4) is 0 Å². The molecular formula is C22H31N7S. The van der Waals surface area contributed by atoms with Gasteiger partial charge in [-0.15, -0.1) is 0 Å². The molecule has 2 N–H and O–H groups in total. The van der Waals surface area contributed by atoms with Crippen molar-refractivity contribution in [3.05, 3.63) is 30.0 Å². The molecule has 2 aromatic heterocycles.